The van der Waals surface area contributed by atoms with Crippen LogP contribution in [-0.4, -0.2) is 0 Å². The molecule has 0 fully saturated rings. The lowest BCUT2D eigenvalue weighted by molar-refractivity contribution is 1.07. The van der Waals surface area contributed by atoms with Crippen LogP contribution >= 0.6 is 11.8 Å². The van der Waals surface area contributed by atoms with Crippen molar-refractivity contribution < 1.29 is 0 Å². The standard InChI is InChI=1S/C16H19NS/c1-12-3-4-15(9-13(12)2)11-18-16-7-5-14(10-17)6-8-16/h3-9H,10-11,17H2,1-2H3. The van der Waals surface area contributed by atoms with Crippen molar-refractivity contribution >= 4 is 11.8 Å². The molecule has 1 nitrogen and oxygen atoms in total. The van der Waals surface area contributed by atoms with Crippen LogP contribution < -0.4 is 5.73 Å². The Hall–Kier alpha value is -1.25. The van der Waals surface area contributed by atoms with Crippen LogP contribution in [0.5, 0.6) is 0 Å². The summed E-state index contributed by atoms with van der Waals surface area (Å²) >= 11 is 1.87. The molecule has 0 amide bonds. The van der Waals surface area contributed by atoms with Gasteiger partial charge in [-0.1, -0.05) is 30.3 Å². The van der Waals surface area contributed by atoms with E-state index < -0.39 is 0 Å². The van der Waals surface area contributed by atoms with Crippen molar-refractivity contribution in [3.8, 4) is 0 Å². The first-order chi connectivity index (χ1) is 8.69. The van der Waals surface area contributed by atoms with Crippen molar-refractivity contribution in [2.24, 2.45) is 5.73 Å². The highest BCUT2D eigenvalue weighted by molar-refractivity contribution is 7.98. The molecule has 2 rings (SSSR count). The topological polar surface area (TPSA) is 26.0 Å². The van der Waals surface area contributed by atoms with Crippen molar-refractivity contribution in [2.75, 3.05) is 0 Å². The molecule has 2 heteroatoms. The number of aryl methyl sites for hydroxylation is 2. The van der Waals surface area contributed by atoms with Gasteiger partial charge in [0.2, 0.25) is 0 Å². The maximum absolute atomic E-state index is 5.59. The third kappa shape index (κ3) is 3.37. The van der Waals surface area contributed by atoms with Crippen molar-refractivity contribution in [2.45, 2.75) is 31.0 Å². The Labute approximate surface area is 113 Å². The van der Waals surface area contributed by atoms with Gasteiger partial charge in [-0.2, -0.15) is 0 Å². The van der Waals surface area contributed by atoms with E-state index in [0.717, 1.165) is 5.75 Å². The van der Waals surface area contributed by atoms with Crippen LogP contribution in [0.2, 0.25) is 0 Å². The minimum Gasteiger partial charge on any atom is -0.326 e. The van der Waals surface area contributed by atoms with Crippen molar-refractivity contribution in [1.29, 1.82) is 0 Å². The predicted octanol–water partition coefficient (Wildman–Crippen LogP) is 4.05. The molecule has 18 heavy (non-hydrogen) atoms. The molecule has 0 unspecified atom stereocenters. The Bertz CT molecular complexity index is 517. The first-order valence-electron chi connectivity index (χ1n) is 6.17. The zero-order valence-corrected chi connectivity index (χ0v) is 11.8. The highest BCUT2D eigenvalue weighted by atomic mass is 32.2. The number of thioether (sulfide) groups is 1. The Kier molecular flexibility index (Phi) is 4.45. The molecule has 2 N–H and O–H groups in total. The van der Waals surface area contributed by atoms with Gasteiger partial charge < -0.3 is 5.73 Å². The minimum absolute atomic E-state index is 0.613. The minimum atomic E-state index is 0.613. The summed E-state index contributed by atoms with van der Waals surface area (Å²) in [6, 6.07) is 15.2. The van der Waals surface area contributed by atoms with Crippen LogP contribution in [0.1, 0.15) is 22.3 Å². The number of nitrogens with two attached hydrogens (primary N) is 1. The van der Waals surface area contributed by atoms with E-state index in [1.807, 2.05) is 11.8 Å². The predicted molar refractivity (Wildman–Crippen MR) is 79.8 cm³/mol. The summed E-state index contributed by atoms with van der Waals surface area (Å²) in [5, 5.41) is 0. The van der Waals surface area contributed by atoms with Crippen LogP contribution in [0.3, 0.4) is 0 Å². The fourth-order valence-electron chi connectivity index (χ4n) is 1.78. The molecule has 0 bridgehead atoms. The molecule has 0 saturated carbocycles. The summed E-state index contributed by atoms with van der Waals surface area (Å²) in [5.74, 6) is 1.02. The number of rotatable bonds is 4. The molecule has 94 valence electrons. The summed E-state index contributed by atoms with van der Waals surface area (Å²) in [5.41, 5.74) is 10.9. The van der Waals surface area contributed by atoms with E-state index >= 15 is 0 Å². The lowest BCUT2D eigenvalue weighted by Gasteiger charge is -2.06. The van der Waals surface area contributed by atoms with Gasteiger partial charge in [-0.05, 0) is 48.2 Å². The van der Waals surface area contributed by atoms with E-state index in [1.165, 1.54) is 27.1 Å². The second kappa shape index (κ2) is 6.07. The molecule has 0 radical (unpaired) electrons. The van der Waals surface area contributed by atoms with E-state index in [1.54, 1.807) is 0 Å². The van der Waals surface area contributed by atoms with Crippen LogP contribution in [0, 0.1) is 13.8 Å². The summed E-state index contributed by atoms with van der Waals surface area (Å²) in [6.45, 7) is 4.93. The van der Waals surface area contributed by atoms with Gasteiger partial charge in [0.1, 0.15) is 0 Å². The quantitative estimate of drug-likeness (QED) is 0.836. The highest BCUT2D eigenvalue weighted by Crippen LogP contribution is 2.24. The Morgan fingerprint density at radius 3 is 2.17 bits per heavy atom. The number of benzene rings is 2. The van der Waals surface area contributed by atoms with E-state index in [0.29, 0.717) is 6.54 Å². The zero-order chi connectivity index (χ0) is 13.0. The molecule has 0 heterocycles. The molecule has 2 aromatic rings. The van der Waals surface area contributed by atoms with Crippen molar-refractivity contribution in [3.05, 3.63) is 64.7 Å². The van der Waals surface area contributed by atoms with Gasteiger partial charge in [0.05, 0.1) is 0 Å². The van der Waals surface area contributed by atoms with Gasteiger partial charge in [0.25, 0.3) is 0 Å². The summed E-state index contributed by atoms with van der Waals surface area (Å²) in [4.78, 5) is 1.30. The van der Waals surface area contributed by atoms with E-state index in [9.17, 15) is 0 Å². The maximum atomic E-state index is 5.59. The monoisotopic (exact) mass is 257 g/mol. The summed E-state index contributed by atoms with van der Waals surface area (Å²) < 4.78 is 0. The normalized spacial score (nSPS) is 10.6. The van der Waals surface area contributed by atoms with E-state index in [4.69, 9.17) is 5.73 Å². The van der Waals surface area contributed by atoms with Crippen molar-refractivity contribution in [1.82, 2.24) is 0 Å². The number of hydrogen-bond donors (Lipinski definition) is 1. The third-order valence-electron chi connectivity index (χ3n) is 3.14. The lowest BCUT2D eigenvalue weighted by atomic mass is 10.1. The summed E-state index contributed by atoms with van der Waals surface area (Å²) in [6.07, 6.45) is 0. The fraction of sp³-hybridized carbons (Fsp3) is 0.250. The Morgan fingerprint density at radius 1 is 0.889 bits per heavy atom. The lowest BCUT2D eigenvalue weighted by Crippen LogP contribution is -1.95. The highest BCUT2D eigenvalue weighted by Gasteiger charge is 1.99. The van der Waals surface area contributed by atoms with E-state index in [-0.39, 0.29) is 0 Å². The zero-order valence-electron chi connectivity index (χ0n) is 10.9. The molecule has 0 aliphatic rings. The Morgan fingerprint density at radius 2 is 1.56 bits per heavy atom. The van der Waals surface area contributed by atoms with Gasteiger partial charge >= 0.3 is 0 Å². The Balaban J connectivity index is 1.99. The molecule has 0 saturated heterocycles. The second-order valence-corrected chi connectivity index (χ2v) is 5.60. The van der Waals surface area contributed by atoms with Crippen LogP contribution in [0.4, 0.5) is 0 Å². The van der Waals surface area contributed by atoms with Gasteiger partial charge in [0, 0.05) is 17.2 Å². The van der Waals surface area contributed by atoms with Gasteiger partial charge in [-0.25, -0.2) is 0 Å². The average molecular weight is 257 g/mol. The van der Waals surface area contributed by atoms with Crippen LogP contribution in [0.15, 0.2) is 47.4 Å². The van der Waals surface area contributed by atoms with Crippen LogP contribution in [0.25, 0.3) is 0 Å². The first kappa shape index (κ1) is 13.2. The van der Waals surface area contributed by atoms with E-state index in [2.05, 4.69) is 56.3 Å². The van der Waals surface area contributed by atoms with Crippen LogP contribution in [-0.2, 0) is 12.3 Å². The first-order valence-corrected chi connectivity index (χ1v) is 7.15. The molecule has 0 aliphatic heterocycles. The molecular weight excluding hydrogens is 238 g/mol. The van der Waals surface area contributed by atoms with Gasteiger partial charge in [0.15, 0.2) is 0 Å². The molecule has 0 spiro atoms. The molecule has 2 aromatic carbocycles. The molecule has 0 aromatic heterocycles. The smallest absolute Gasteiger partial charge is 0.0232 e. The SMILES string of the molecule is Cc1ccc(CSc2ccc(CN)cc2)cc1C. The fourth-order valence-corrected chi connectivity index (χ4v) is 2.62. The summed E-state index contributed by atoms with van der Waals surface area (Å²) in [7, 11) is 0. The van der Waals surface area contributed by atoms with Crippen molar-refractivity contribution in [3.63, 3.8) is 0 Å². The maximum Gasteiger partial charge on any atom is 0.0232 e. The largest absolute Gasteiger partial charge is 0.326 e. The van der Waals surface area contributed by atoms with Gasteiger partial charge in [-0.3, -0.25) is 0 Å². The van der Waals surface area contributed by atoms with Gasteiger partial charge in [-0.15, -0.1) is 11.8 Å². The molecule has 0 atom stereocenters. The third-order valence-corrected chi connectivity index (χ3v) is 4.22. The average Bonchev–Trinajstić information content (AvgIpc) is 2.41. The second-order valence-electron chi connectivity index (χ2n) is 4.56. The molecular formula is C16H19NS. The number of hydrogen-bond acceptors (Lipinski definition) is 2. The molecule has 0 aliphatic carbocycles.